The molecule has 0 saturated carbocycles. The summed E-state index contributed by atoms with van der Waals surface area (Å²) >= 11 is 0. The first-order valence-corrected chi connectivity index (χ1v) is 5.99. The van der Waals surface area contributed by atoms with E-state index in [-0.39, 0.29) is 6.04 Å². The number of hydrogen-bond acceptors (Lipinski definition) is 4. The minimum Gasteiger partial charge on any atom is -0.389 e. The molecule has 1 aromatic heterocycles. The van der Waals surface area contributed by atoms with Gasteiger partial charge in [-0.1, -0.05) is 0 Å². The monoisotopic (exact) mass is 238 g/mol. The number of aliphatic hydroxyl groups is 1. The zero-order valence-corrected chi connectivity index (χ0v) is 11.1. The van der Waals surface area contributed by atoms with Gasteiger partial charge in [-0.25, -0.2) is 4.98 Å². The Labute approximate surface area is 103 Å². The highest BCUT2D eigenvalue weighted by molar-refractivity contribution is 5.42. The molecule has 1 rings (SSSR count). The van der Waals surface area contributed by atoms with Crippen molar-refractivity contribution in [2.75, 3.05) is 25.2 Å². The molecule has 96 valence electrons. The second-order valence-electron chi connectivity index (χ2n) is 4.21. The predicted molar refractivity (Wildman–Crippen MR) is 69.2 cm³/mol. The van der Waals surface area contributed by atoms with Crippen molar-refractivity contribution in [1.82, 2.24) is 4.98 Å². The molecule has 0 fully saturated rings. The lowest BCUT2D eigenvalue weighted by Crippen LogP contribution is -2.36. The summed E-state index contributed by atoms with van der Waals surface area (Å²) in [5.74, 6) is 0.885. The van der Waals surface area contributed by atoms with Crippen LogP contribution in [0.25, 0.3) is 0 Å². The summed E-state index contributed by atoms with van der Waals surface area (Å²) in [5, 5.41) is 9.57. The molecule has 0 bridgehead atoms. The molecular weight excluding hydrogens is 216 g/mol. The summed E-state index contributed by atoms with van der Waals surface area (Å²) in [6.07, 6.45) is 1.27. The Morgan fingerprint density at radius 2 is 2.18 bits per heavy atom. The van der Waals surface area contributed by atoms with Crippen molar-refractivity contribution < 1.29 is 9.84 Å². The van der Waals surface area contributed by atoms with Gasteiger partial charge in [0, 0.05) is 19.9 Å². The highest BCUT2D eigenvalue weighted by atomic mass is 16.5. The van der Waals surface area contributed by atoms with Crippen LogP contribution in [0, 0.1) is 0 Å². The molecule has 1 N–H and O–H groups in total. The van der Waals surface area contributed by atoms with Gasteiger partial charge >= 0.3 is 0 Å². The zero-order chi connectivity index (χ0) is 12.8. The molecule has 4 nitrogen and oxygen atoms in total. The number of rotatable bonds is 6. The predicted octanol–water partition coefficient (Wildman–Crippen LogP) is 2.00. The Bertz CT molecular complexity index is 342. The Balaban J connectivity index is 2.91. The van der Waals surface area contributed by atoms with Crippen LogP contribution in [0.4, 0.5) is 5.82 Å². The van der Waals surface area contributed by atoms with Gasteiger partial charge in [0.05, 0.1) is 18.8 Å². The van der Waals surface area contributed by atoms with Crippen molar-refractivity contribution in [2.24, 2.45) is 0 Å². The van der Waals surface area contributed by atoms with Crippen LogP contribution in [0.5, 0.6) is 0 Å². The molecule has 2 unspecified atom stereocenters. The molecule has 1 heterocycles. The lowest BCUT2D eigenvalue weighted by Gasteiger charge is -2.29. The van der Waals surface area contributed by atoms with Gasteiger partial charge in [0.25, 0.3) is 0 Å². The van der Waals surface area contributed by atoms with E-state index in [2.05, 4.69) is 23.7 Å². The van der Waals surface area contributed by atoms with Crippen LogP contribution < -0.4 is 4.90 Å². The van der Waals surface area contributed by atoms with Crippen LogP contribution in [-0.2, 0) is 4.74 Å². The fourth-order valence-electron chi connectivity index (χ4n) is 1.88. The number of hydrogen-bond donors (Lipinski definition) is 1. The molecular formula is C13H22N2O2. The van der Waals surface area contributed by atoms with E-state index in [0.29, 0.717) is 6.61 Å². The minimum absolute atomic E-state index is 0.266. The van der Waals surface area contributed by atoms with Crippen LogP contribution >= 0.6 is 0 Å². The fraction of sp³-hybridized carbons (Fsp3) is 0.615. The zero-order valence-electron chi connectivity index (χ0n) is 11.1. The van der Waals surface area contributed by atoms with Crippen molar-refractivity contribution in [2.45, 2.75) is 32.9 Å². The summed E-state index contributed by atoms with van der Waals surface area (Å²) in [5.41, 5.74) is 0.887. The Kier molecular flexibility index (Phi) is 5.38. The normalized spacial score (nSPS) is 14.4. The number of methoxy groups -OCH3 is 1. The first kappa shape index (κ1) is 13.9. The highest BCUT2D eigenvalue weighted by Gasteiger charge is 2.14. The van der Waals surface area contributed by atoms with Gasteiger partial charge in [0.1, 0.15) is 5.82 Å². The van der Waals surface area contributed by atoms with Crippen molar-refractivity contribution in [3.05, 3.63) is 23.9 Å². The van der Waals surface area contributed by atoms with Gasteiger partial charge in [-0.05, 0) is 38.5 Å². The maximum absolute atomic E-state index is 9.57. The van der Waals surface area contributed by atoms with Gasteiger partial charge in [-0.3, -0.25) is 0 Å². The van der Waals surface area contributed by atoms with E-state index in [0.717, 1.165) is 17.9 Å². The van der Waals surface area contributed by atoms with Crippen LogP contribution in [0.2, 0.25) is 0 Å². The number of pyridine rings is 1. The van der Waals surface area contributed by atoms with Crippen molar-refractivity contribution >= 4 is 5.82 Å². The average molecular weight is 238 g/mol. The van der Waals surface area contributed by atoms with Gasteiger partial charge < -0.3 is 14.7 Å². The van der Waals surface area contributed by atoms with E-state index >= 15 is 0 Å². The largest absolute Gasteiger partial charge is 0.389 e. The van der Waals surface area contributed by atoms with Crippen LogP contribution in [0.1, 0.15) is 32.4 Å². The third-order valence-electron chi connectivity index (χ3n) is 2.83. The summed E-state index contributed by atoms with van der Waals surface area (Å²) in [4.78, 5) is 6.52. The van der Waals surface area contributed by atoms with E-state index in [1.165, 1.54) is 0 Å². The van der Waals surface area contributed by atoms with E-state index < -0.39 is 6.10 Å². The van der Waals surface area contributed by atoms with Crippen molar-refractivity contribution in [1.29, 1.82) is 0 Å². The SMILES string of the molecule is CCN(c1cc(C(C)O)ccn1)C(C)COC. The molecule has 0 saturated heterocycles. The van der Waals surface area contributed by atoms with Crippen LogP contribution in [0.3, 0.4) is 0 Å². The molecule has 0 spiro atoms. The quantitative estimate of drug-likeness (QED) is 0.823. The first-order valence-electron chi connectivity index (χ1n) is 5.99. The molecule has 0 aliphatic rings. The van der Waals surface area contributed by atoms with Crippen LogP contribution in [-0.4, -0.2) is 36.4 Å². The maximum Gasteiger partial charge on any atom is 0.129 e. The van der Waals surface area contributed by atoms with Gasteiger partial charge in [-0.2, -0.15) is 0 Å². The molecule has 0 aromatic carbocycles. The number of likely N-dealkylation sites (N-methyl/N-ethyl adjacent to an activating group) is 1. The molecule has 0 radical (unpaired) electrons. The van der Waals surface area contributed by atoms with E-state index in [9.17, 15) is 5.11 Å². The van der Waals surface area contributed by atoms with Gasteiger partial charge in [0.2, 0.25) is 0 Å². The maximum atomic E-state index is 9.57. The number of aliphatic hydroxyl groups excluding tert-OH is 1. The third-order valence-corrected chi connectivity index (χ3v) is 2.83. The Morgan fingerprint density at radius 1 is 1.47 bits per heavy atom. The molecule has 0 aliphatic heterocycles. The minimum atomic E-state index is -0.465. The second kappa shape index (κ2) is 6.57. The lowest BCUT2D eigenvalue weighted by atomic mass is 10.1. The van der Waals surface area contributed by atoms with Crippen LogP contribution in [0.15, 0.2) is 18.3 Å². The molecule has 4 heteroatoms. The summed E-state index contributed by atoms with van der Waals surface area (Å²) in [6, 6.07) is 4.03. The molecule has 1 aromatic rings. The van der Waals surface area contributed by atoms with E-state index in [4.69, 9.17) is 4.74 Å². The van der Waals surface area contributed by atoms with Gasteiger partial charge in [-0.15, -0.1) is 0 Å². The summed E-state index contributed by atoms with van der Waals surface area (Å²) < 4.78 is 5.17. The third kappa shape index (κ3) is 3.68. The van der Waals surface area contributed by atoms with E-state index in [1.54, 1.807) is 20.2 Å². The summed E-state index contributed by atoms with van der Waals surface area (Å²) in [6.45, 7) is 7.47. The van der Waals surface area contributed by atoms with Gasteiger partial charge in [0.15, 0.2) is 0 Å². The van der Waals surface area contributed by atoms with Crippen molar-refractivity contribution in [3.63, 3.8) is 0 Å². The molecule has 0 amide bonds. The molecule has 17 heavy (non-hydrogen) atoms. The Hall–Kier alpha value is -1.13. The summed E-state index contributed by atoms with van der Waals surface area (Å²) in [7, 11) is 1.70. The number of ether oxygens (including phenoxy) is 1. The second-order valence-corrected chi connectivity index (χ2v) is 4.21. The number of nitrogens with zero attached hydrogens (tertiary/aromatic N) is 2. The average Bonchev–Trinajstić information content (AvgIpc) is 2.30. The molecule has 0 aliphatic carbocycles. The standard InChI is InChI=1S/C13H22N2O2/c1-5-15(10(2)9-17-4)13-8-12(11(3)16)6-7-14-13/h6-8,10-11,16H,5,9H2,1-4H3. The molecule has 2 atom stereocenters. The van der Waals surface area contributed by atoms with E-state index in [1.807, 2.05) is 12.1 Å². The number of anilines is 1. The fourth-order valence-corrected chi connectivity index (χ4v) is 1.88. The lowest BCUT2D eigenvalue weighted by molar-refractivity contribution is 0.181. The Morgan fingerprint density at radius 3 is 2.71 bits per heavy atom. The smallest absolute Gasteiger partial charge is 0.129 e. The first-order chi connectivity index (χ1) is 8.10. The topological polar surface area (TPSA) is 45.6 Å². The highest BCUT2D eigenvalue weighted by Crippen LogP contribution is 2.19. The van der Waals surface area contributed by atoms with Crippen molar-refractivity contribution in [3.8, 4) is 0 Å². The number of aromatic nitrogens is 1.